The van der Waals surface area contributed by atoms with Crippen molar-refractivity contribution in [3.63, 3.8) is 0 Å². The number of piperidine rings is 1. The zero-order valence-corrected chi connectivity index (χ0v) is 12.7. The van der Waals surface area contributed by atoms with Gasteiger partial charge in [0.1, 0.15) is 0 Å². The lowest BCUT2D eigenvalue weighted by Crippen LogP contribution is -2.39. The molecule has 0 radical (unpaired) electrons. The van der Waals surface area contributed by atoms with Gasteiger partial charge >= 0.3 is 0 Å². The fourth-order valence-corrected chi connectivity index (χ4v) is 3.56. The summed E-state index contributed by atoms with van der Waals surface area (Å²) in [5.74, 6) is 0.932. The smallest absolute Gasteiger partial charge is 0.00926 e. The molecule has 1 N–H and O–H groups in total. The zero-order chi connectivity index (χ0) is 13.0. The summed E-state index contributed by atoms with van der Waals surface area (Å²) >= 11 is 0. The predicted octanol–water partition coefficient (Wildman–Crippen LogP) is 3.28. The van der Waals surface area contributed by atoms with Crippen LogP contribution in [0.2, 0.25) is 0 Å². The predicted molar refractivity (Wildman–Crippen MR) is 78.9 cm³/mol. The molecule has 2 nitrogen and oxygen atoms in total. The van der Waals surface area contributed by atoms with Crippen molar-refractivity contribution >= 4 is 0 Å². The first kappa shape index (κ1) is 14.3. The van der Waals surface area contributed by atoms with Crippen molar-refractivity contribution in [3.05, 3.63) is 0 Å². The van der Waals surface area contributed by atoms with E-state index in [0.29, 0.717) is 5.41 Å². The zero-order valence-electron chi connectivity index (χ0n) is 12.7. The van der Waals surface area contributed by atoms with E-state index < -0.39 is 0 Å². The van der Waals surface area contributed by atoms with Crippen LogP contribution in [0.3, 0.4) is 0 Å². The van der Waals surface area contributed by atoms with E-state index in [4.69, 9.17) is 0 Å². The maximum Gasteiger partial charge on any atom is 0.00926 e. The van der Waals surface area contributed by atoms with E-state index in [1.807, 2.05) is 0 Å². The number of nitrogens with one attached hydrogen (secondary N) is 1. The Morgan fingerprint density at radius 3 is 2.50 bits per heavy atom. The molecule has 1 atom stereocenters. The molecule has 18 heavy (non-hydrogen) atoms. The highest BCUT2D eigenvalue weighted by Gasteiger charge is 2.28. The third-order valence-electron chi connectivity index (χ3n) is 5.22. The highest BCUT2D eigenvalue weighted by molar-refractivity contribution is 4.83. The van der Waals surface area contributed by atoms with Gasteiger partial charge in [-0.1, -0.05) is 13.8 Å². The molecule has 1 saturated heterocycles. The third-order valence-corrected chi connectivity index (χ3v) is 5.22. The van der Waals surface area contributed by atoms with Crippen LogP contribution in [0.1, 0.15) is 58.8 Å². The van der Waals surface area contributed by atoms with Gasteiger partial charge in [0.25, 0.3) is 0 Å². The summed E-state index contributed by atoms with van der Waals surface area (Å²) in [4.78, 5) is 2.64. The molecule has 1 heterocycles. The first-order chi connectivity index (χ1) is 8.57. The first-order valence-corrected chi connectivity index (χ1v) is 7.98. The summed E-state index contributed by atoms with van der Waals surface area (Å²) in [6.07, 6.45) is 9.85. The van der Waals surface area contributed by atoms with Crippen molar-refractivity contribution in [1.29, 1.82) is 0 Å². The number of rotatable bonds is 4. The van der Waals surface area contributed by atoms with Crippen molar-refractivity contribution in [1.82, 2.24) is 10.2 Å². The average molecular weight is 252 g/mol. The molecular formula is C16H32N2. The molecule has 2 rings (SSSR count). The lowest BCUT2D eigenvalue weighted by molar-refractivity contribution is 0.121. The molecule has 0 aromatic heterocycles. The van der Waals surface area contributed by atoms with Crippen molar-refractivity contribution in [3.8, 4) is 0 Å². The van der Waals surface area contributed by atoms with Crippen LogP contribution in [0.15, 0.2) is 0 Å². The standard InChI is InChI=1S/C16H32N2/c1-16(2)9-6-15(7-10-16)18(3)12-8-14-5-4-11-17-13-14/h14-15,17H,4-13H2,1-3H3. The lowest BCUT2D eigenvalue weighted by atomic mass is 9.75. The Morgan fingerprint density at radius 1 is 1.17 bits per heavy atom. The van der Waals surface area contributed by atoms with Crippen LogP contribution in [0.25, 0.3) is 0 Å². The number of nitrogens with zero attached hydrogens (tertiary/aromatic N) is 1. The Hall–Kier alpha value is -0.0800. The van der Waals surface area contributed by atoms with Crippen LogP contribution in [-0.4, -0.2) is 37.6 Å². The van der Waals surface area contributed by atoms with Gasteiger partial charge in [-0.3, -0.25) is 0 Å². The van der Waals surface area contributed by atoms with Crippen LogP contribution in [0.5, 0.6) is 0 Å². The highest BCUT2D eigenvalue weighted by Crippen LogP contribution is 2.36. The van der Waals surface area contributed by atoms with E-state index in [2.05, 4.69) is 31.1 Å². The summed E-state index contributed by atoms with van der Waals surface area (Å²) in [5.41, 5.74) is 0.602. The summed E-state index contributed by atoms with van der Waals surface area (Å²) in [6.45, 7) is 8.65. The second kappa shape index (κ2) is 6.38. The maximum atomic E-state index is 3.53. The van der Waals surface area contributed by atoms with E-state index in [-0.39, 0.29) is 0 Å². The molecule has 1 aliphatic carbocycles. The van der Waals surface area contributed by atoms with Crippen molar-refractivity contribution in [2.24, 2.45) is 11.3 Å². The van der Waals surface area contributed by atoms with Crippen LogP contribution in [0.4, 0.5) is 0 Å². The number of hydrogen-bond donors (Lipinski definition) is 1. The molecular weight excluding hydrogens is 220 g/mol. The van der Waals surface area contributed by atoms with Crippen LogP contribution in [-0.2, 0) is 0 Å². The normalized spacial score (nSPS) is 29.7. The van der Waals surface area contributed by atoms with Gasteiger partial charge in [-0.2, -0.15) is 0 Å². The van der Waals surface area contributed by atoms with Gasteiger partial charge in [0.2, 0.25) is 0 Å². The Labute approximate surface area is 114 Å². The first-order valence-electron chi connectivity index (χ1n) is 7.98. The van der Waals surface area contributed by atoms with E-state index in [1.54, 1.807) is 0 Å². The largest absolute Gasteiger partial charge is 0.316 e. The van der Waals surface area contributed by atoms with Gasteiger partial charge in [-0.25, -0.2) is 0 Å². The molecule has 106 valence electrons. The fourth-order valence-electron chi connectivity index (χ4n) is 3.56. The Bertz CT molecular complexity index is 233. The second-order valence-corrected chi connectivity index (χ2v) is 7.38. The van der Waals surface area contributed by atoms with Gasteiger partial charge in [-0.15, -0.1) is 0 Å². The molecule has 0 aromatic rings. The van der Waals surface area contributed by atoms with E-state index >= 15 is 0 Å². The van der Waals surface area contributed by atoms with E-state index in [0.717, 1.165) is 12.0 Å². The van der Waals surface area contributed by atoms with Gasteiger partial charge in [0, 0.05) is 6.04 Å². The monoisotopic (exact) mass is 252 g/mol. The Balaban J connectivity index is 1.66. The molecule has 1 aliphatic heterocycles. The summed E-state index contributed by atoms with van der Waals surface area (Å²) < 4.78 is 0. The van der Waals surface area contributed by atoms with Crippen molar-refractivity contribution < 1.29 is 0 Å². The van der Waals surface area contributed by atoms with Gasteiger partial charge < -0.3 is 10.2 Å². The molecule has 0 aromatic carbocycles. The average Bonchev–Trinajstić information content (AvgIpc) is 2.37. The third kappa shape index (κ3) is 4.24. The minimum absolute atomic E-state index is 0.602. The molecule has 0 amide bonds. The molecule has 2 aliphatic rings. The van der Waals surface area contributed by atoms with Gasteiger partial charge in [0.05, 0.1) is 0 Å². The molecule has 0 spiro atoms. The molecule has 1 saturated carbocycles. The van der Waals surface area contributed by atoms with Crippen LogP contribution in [0, 0.1) is 11.3 Å². The number of hydrogen-bond acceptors (Lipinski definition) is 2. The highest BCUT2D eigenvalue weighted by atomic mass is 15.1. The Kier molecular flexibility index (Phi) is 5.08. The lowest BCUT2D eigenvalue weighted by Gasteiger charge is -2.39. The van der Waals surface area contributed by atoms with Crippen molar-refractivity contribution in [2.45, 2.75) is 64.8 Å². The fraction of sp³-hybridized carbons (Fsp3) is 1.00. The summed E-state index contributed by atoms with van der Waals surface area (Å²) in [6, 6.07) is 0.856. The molecule has 0 bridgehead atoms. The topological polar surface area (TPSA) is 15.3 Å². The molecule has 2 fully saturated rings. The minimum atomic E-state index is 0.602. The van der Waals surface area contributed by atoms with E-state index in [1.165, 1.54) is 64.6 Å². The quantitative estimate of drug-likeness (QED) is 0.826. The minimum Gasteiger partial charge on any atom is -0.316 e. The summed E-state index contributed by atoms with van der Waals surface area (Å²) in [5, 5.41) is 3.53. The van der Waals surface area contributed by atoms with Crippen molar-refractivity contribution in [2.75, 3.05) is 26.7 Å². The molecule has 1 unspecified atom stereocenters. The van der Waals surface area contributed by atoms with Crippen LogP contribution >= 0.6 is 0 Å². The van der Waals surface area contributed by atoms with E-state index in [9.17, 15) is 0 Å². The van der Waals surface area contributed by atoms with Gasteiger partial charge in [0.15, 0.2) is 0 Å². The second-order valence-electron chi connectivity index (χ2n) is 7.38. The Morgan fingerprint density at radius 2 is 1.89 bits per heavy atom. The summed E-state index contributed by atoms with van der Waals surface area (Å²) in [7, 11) is 2.35. The van der Waals surface area contributed by atoms with Crippen LogP contribution < -0.4 is 5.32 Å². The SMILES string of the molecule is CN(CCC1CCCNC1)C1CCC(C)(C)CC1. The van der Waals surface area contributed by atoms with Gasteiger partial charge in [-0.05, 0) is 83.0 Å². The molecule has 2 heteroatoms. The maximum absolute atomic E-state index is 3.53.